The molecule has 2 nitrogen and oxygen atoms in total. The van der Waals surface area contributed by atoms with Crippen LogP contribution in [-0.4, -0.2) is 13.1 Å². The highest BCUT2D eigenvalue weighted by molar-refractivity contribution is 5.40. The van der Waals surface area contributed by atoms with Gasteiger partial charge in [-0.1, -0.05) is 46.8 Å². The van der Waals surface area contributed by atoms with E-state index in [1.54, 1.807) is 0 Å². The lowest BCUT2D eigenvalue weighted by Crippen LogP contribution is -2.30. The summed E-state index contributed by atoms with van der Waals surface area (Å²) in [4.78, 5) is 0. The minimum atomic E-state index is 0.583. The van der Waals surface area contributed by atoms with Crippen molar-refractivity contribution in [1.29, 1.82) is 0 Å². The number of nitrogen functional groups attached to an aromatic ring is 1. The van der Waals surface area contributed by atoms with Gasteiger partial charge in [-0.05, 0) is 60.9 Å². The van der Waals surface area contributed by atoms with Gasteiger partial charge in [0, 0.05) is 5.69 Å². The van der Waals surface area contributed by atoms with Gasteiger partial charge in [-0.25, -0.2) is 0 Å². The normalized spacial score (nSPS) is 13.4. The Bertz CT molecular complexity index is 360. The first-order chi connectivity index (χ1) is 9.41. The maximum absolute atomic E-state index is 5.73. The van der Waals surface area contributed by atoms with Crippen molar-refractivity contribution < 1.29 is 0 Å². The zero-order chi connectivity index (χ0) is 15.1. The number of hydrogen-bond acceptors (Lipinski definition) is 2. The predicted octanol–water partition coefficient (Wildman–Crippen LogP) is 4.28. The molecule has 0 aromatic heterocycles. The number of benzene rings is 1. The summed E-state index contributed by atoms with van der Waals surface area (Å²) in [5.41, 5.74) is 7.95. The third kappa shape index (κ3) is 5.54. The molecule has 20 heavy (non-hydrogen) atoms. The minimum Gasteiger partial charge on any atom is -0.399 e. The molecule has 0 spiro atoms. The SMILES string of the molecule is CC(CCNCC(C(C)C)C(C)C)c1ccc(N)cc1. The predicted molar refractivity (Wildman–Crippen MR) is 89.9 cm³/mol. The summed E-state index contributed by atoms with van der Waals surface area (Å²) in [6.07, 6.45) is 1.17. The zero-order valence-corrected chi connectivity index (χ0v) is 13.8. The molecule has 0 aliphatic carbocycles. The van der Waals surface area contributed by atoms with Crippen LogP contribution < -0.4 is 11.1 Å². The second-order valence-electron chi connectivity index (χ2n) is 6.71. The van der Waals surface area contributed by atoms with E-state index in [9.17, 15) is 0 Å². The molecule has 0 heterocycles. The van der Waals surface area contributed by atoms with Crippen molar-refractivity contribution in [3.05, 3.63) is 29.8 Å². The Labute approximate surface area is 125 Å². The number of hydrogen-bond donors (Lipinski definition) is 2. The van der Waals surface area contributed by atoms with Gasteiger partial charge < -0.3 is 11.1 Å². The molecular formula is C18H32N2. The average molecular weight is 276 g/mol. The second-order valence-corrected chi connectivity index (χ2v) is 6.71. The van der Waals surface area contributed by atoms with Crippen LogP contribution in [-0.2, 0) is 0 Å². The van der Waals surface area contributed by atoms with Gasteiger partial charge in [-0.3, -0.25) is 0 Å². The maximum Gasteiger partial charge on any atom is 0.0314 e. The third-order valence-corrected chi connectivity index (χ3v) is 4.35. The van der Waals surface area contributed by atoms with Crippen LogP contribution in [0.4, 0.5) is 5.69 Å². The molecule has 1 aromatic carbocycles. The van der Waals surface area contributed by atoms with Crippen molar-refractivity contribution in [3.8, 4) is 0 Å². The molecule has 0 amide bonds. The first-order valence-electron chi connectivity index (χ1n) is 7.98. The summed E-state index contributed by atoms with van der Waals surface area (Å²) < 4.78 is 0. The molecular weight excluding hydrogens is 244 g/mol. The Hall–Kier alpha value is -1.02. The molecule has 0 saturated heterocycles. The van der Waals surface area contributed by atoms with Crippen LogP contribution in [0.1, 0.15) is 52.5 Å². The van der Waals surface area contributed by atoms with Crippen molar-refractivity contribution in [1.82, 2.24) is 5.32 Å². The molecule has 3 N–H and O–H groups in total. The molecule has 0 aliphatic heterocycles. The molecule has 0 aliphatic rings. The molecule has 1 unspecified atom stereocenters. The molecule has 114 valence electrons. The molecule has 0 radical (unpaired) electrons. The van der Waals surface area contributed by atoms with Gasteiger partial charge in [-0.15, -0.1) is 0 Å². The highest BCUT2D eigenvalue weighted by Crippen LogP contribution is 2.21. The third-order valence-electron chi connectivity index (χ3n) is 4.35. The van der Waals surface area contributed by atoms with Gasteiger partial charge >= 0.3 is 0 Å². The number of nitrogens with one attached hydrogen (secondary N) is 1. The highest BCUT2D eigenvalue weighted by Gasteiger charge is 2.16. The smallest absolute Gasteiger partial charge is 0.0314 e. The van der Waals surface area contributed by atoms with Gasteiger partial charge in [-0.2, -0.15) is 0 Å². The largest absolute Gasteiger partial charge is 0.399 e. The second kappa shape index (κ2) is 8.31. The van der Waals surface area contributed by atoms with Crippen LogP contribution in [0.25, 0.3) is 0 Å². The van der Waals surface area contributed by atoms with Gasteiger partial charge in [0.1, 0.15) is 0 Å². The fourth-order valence-electron chi connectivity index (χ4n) is 2.82. The van der Waals surface area contributed by atoms with Crippen molar-refractivity contribution in [2.45, 2.75) is 47.0 Å². The van der Waals surface area contributed by atoms with E-state index >= 15 is 0 Å². The Morgan fingerprint density at radius 3 is 2.00 bits per heavy atom. The van der Waals surface area contributed by atoms with Crippen LogP contribution >= 0.6 is 0 Å². The highest BCUT2D eigenvalue weighted by atomic mass is 14.9. The average Bonchev–Trinajstić information content (AvgIpc) is 2.38. The van der Waals surface area contributed by atoms with Crippen molar-refractivity contribution in [2.75, 3.05) is 18.8 Å². The van der Waals surface area contributed by atoms with E-state index in [1.807, 2.05) is 12.1 Å². The van der Waals surface area contributed by atoms with Crippen LogP contribution in [0.2, 0.25) is 0 Å². The molecule has 0 bridgehead atoms. The summed E-state index contributed by atoms with van der Waals surface area (Å²) in [5.74, 6) is 2.84. The lowest BCUT2D eigenvalue weighted by atomic mass is 9.85. The lowest BCUT2D eigenvalue weighted by Gasteiger charge is -2.25. The van der Waals surface area contributed by atoms with E-state index in [1.165, 1.54) is 12.0 Å². The Kier molecular flexibility index (Phi) is 7.08. The Morgan fingerprint density at radius 2 is 1.50 bits per heavy atom. The summed E-state index contributed by atoms with van der Waals surface area (Å²) >= 11 is 0. The standard InChI is InChI=1S/C18H32N2/c1-13(2)18(14(3)4)12-20-11-10-15(5)16-6-8-17(19)9-7-16/h6-9,13-15,18,20H,10-12,19H2,1-5H3. The van der Waals surface area contributed by atoms with Crippen molar-refractivity contribution in [2.24, 2.45) is 17.8 Å². The van der Waals surface area contributed by atoms with Gasteiger partial charge in [0.25, 0.3) is 0 Å². The maximum atomic E-state index is 5.73. The van der Waals surface area contributed by atoms with Gasteiger partial charge in [0.05, 0.1) is 0 Å². The van der Waals surface area contributed by atoms with E-state index in [0.29, 0.717) is 5.92 Å². The van der Waals surface area contributed by atoms with Crippen LogP contribution in [0.15, 0.2) is 24.3 Å². The quantitative estimate of drug-likeness (QED) is 0.549. The summed E-state index contributed by atoms with van der Waals surface area (Å²) in [5, 5.41) is 3.64. The number of rotatable bonds is 8. The minimum absolute atomic E-state index is 0.583. The molecule has 0 fully saturated rings. The molecule has 1 rings (SSSR count). The first kappa shape index (κ1) is 17.0. The molecule has 1 aromatic rings. The Balaban J connectivity index is 2.31. The summed E-state index contributed by atoms with van der Waals surface area (Å²) in [7, 11) is 0. The zero-order valence-electron chi connectivity index (χ0n) is 13.8. The fourth-order valence-corrected chi connectivity index (χ4v) is 2.82. The topological polar surface area (TPSA) is 38.0 Å². The van der Waals surface area contributed by atoms with E-state index in [4.69, 9.17) is 5.73 Å². The van der Waals surface area contributed by atoms with Crippen molar-refractivity contribution in [3.63, 3.8) is 0 Å². The number of nitrogens with two attached hydrogens (primary N) is 1. The Morgan fingerprint density at radius 1 is 0.950 bits per heavy atom. The fraction of sp³-hybridized carbons (Fsp3) is 0.667. The van der Waals surface area contributed by atoms with Crippen LogP contribution in [0.3, 0.4) is 0 Å². The molecule has 2 heteroatoms. The van der Waals surface area contributed by atoms with Crippen LogP contribution in [0.5, 0.6) is 0 Å². The van der Waals surface area contributed by atoms with Crippen molar-refractivity contribution >= 4 is 5.69 Å². The van der Waals surface area contributed by atoms with Crippen LogP contribution in [0, 0.1) is 17.8 Å². The number of anilines is 1. The molecule has 0 saturated carbocycles. The van der Waals surface area contributed by atoms with E-state index < -0.39 is 0 Å². The monoisotopic (exact) mass is 276 g/mol. The first-order valence-corrected chi connectivity index (χ1v) is 7.98. The summed E-state index contributed by atoms with van der Waals surface area (Å²) in [6, 6.07) is 8.27. The van der Waals surface area contributed by atoms with Gasteiger partial charge in [0.2, 0.25) is 0 Å². The van der Waals surface area contributed by atoms with Gasteiger partial charge in [0.15, 0.2) is 0 Å². The van der Waals surface area contributed by atoms with E-state index in [2.05, 4.69) is 52.1 Å². The summed E-state index contributed by atoms with van der Waals surface area (Å²) in [6.45, 7) is 13.8. The lowest BCUT2D eigenvalue weighted by molar-refractivity contribution is 0.275. The van der Waals surface area contributed by atoms with E-state index in [0.717, 1.165) is 36.5 Å². The molecule has 1 atom stereocenters. The van der Waals surface area contributed by atoms with E-state index in [-0.39, 0.29) is 0 Å².